The Balaban J connectivity index is 1.43. The van der Waals surface area contributed by atoms with E-state index in [1.54, 1.807) is 0 Å². The van der Waals surface area contributed by atoms with E-state index in [1.165, 1.54) is 25.7 Å². The minimum Gasteiger partial charge on any atom is -0.353 e. The standard InChI is InChI=1S/C17H30N2O3/c1-13-10-14(6-9-18-13)16(20)19-11-15-12-21-17(22-15)7-4-2-3-5-8-17/h13-15,18H,2-12H2,1H3,(H,19,20)/t13-,14-,15?/m0/s1. The molecule has 5 heteroatoms. The third kappa shape index (κ3) is 4.00. The molecule has 2 heterocycles. The van der Waals surface area contributed by atoms with Crippen LogP contribution in [0.3, 0.4) is 0 Å². The molecular weight excluding hydrogens is 280 g/mol. The van der Waals surface area contributed by atoms with Crippen LogP contribution in [0.4, 0.5) is 0 Å². The summed E-state index contributed by atoms with van der Waals surface area (Å²) in [6.45, 7) is 4.27. The van der Waals surface area contributed by atoms with Gasteiger partial charge in [-0.1, -0.05) is 12.8 Å². The molecule has 1 aliphatic carbocycles. The monoisotopic (exact) mass is 310 g/mol. The van der Waals surface area contributed by atoms with Gasteiger partial charge in [-0.2, -0.15) is 0 Å². The van der Waals surface area contributed by atoms with Crippen molar-refractivity contribution < 1.29 is 14.3 Å². The van der Waals surface area contributed by atoms with Gasteiger partial charge >= 0.3 is 0 Å². The number of hydrogen-bond donors (Lipinski definition) is 2. The Morgan fingerprint density at radius 1 is 1.27 bits per heavy atom. The smallest absolute Gasteiger partial charge is 0.223 e. The van der Waals surface area contributed by atoms with Crippen LogP contribution in [0.5, 0.6) is 0 Å². The Morgan fingerprint density at radius 2 is 2.05 bits per heavy atom. The van der Waals surface area contributed by atoms with Crippen molar-refractivity contribution in [3.8, 4) is 0 Å². The molecular formula is C17H30N2O3. The summed E-state index contributed by atoms with van der Waals surface area (Å²) in [7, 11) is 0. The fourth-order valence-electron chi connectivity index (χ4n) is 3.98. The predicted molar refractivity (Wildman–Crippen MR) is 84.5 cm³/mol. The minimum absolute atomic E-state index is 0.0150. The van der Waals surface area contributed by atoms with E-state index in [2.05, 4.69) is 17.6 Å². The topological polar surface area (TPSA) is 59.6 Å². The highest BCUT2D eigenvalue weighted by Crippen LogP contribution is 2.36. The molecule has 3 rings (SSSR count). The molecule has 126 valence electrons. The molecule has 2 aliphatic heterocycles. The lowest BCUT2D eigenvalue weighted by Crippen LogP contribution is -2.44. The molecule has 0 aromatic heterocycles. The number of hydrogen-bond acceptors (Lipinski definition) is 4. The normalized spacial score (nSPS) is 35.2. The SMILES string of the molecule is C[C@H]1C[C@@H](C(=O)NCC2COC3(CCCCCC3)O2)CCN1. The van der Waals surface area contributed by atoms with Crippen molar-refractivity contribution in [2.75, 3.05) is 19.7 Å². The maximum atomic E-state index is 12.3. The Kier molecular flexibility index (Phi) is 5.37. The summed E-state index contributed by atoms with van der Waals surface area (Å²) in [6, 6.07) is 0.435. The molecule has 1 amide bonds. The first-order chi connectivity index (χ1) is 10.7. The van der Waals surface area contributed by atoms with Gasteiger partial charge in [-0.3, -0.25) is 4.79 Å². The third-order valence-corrected chi connectivity index (χ3v) is 5.28. The zero-order chi connectivity index (χ0) is 15.4. The second kappa shape index (κ2) is 7.28. The van der Waals surface area contributed by atoms with Crippen molar-refractivity contribution in [3.63, 3.8) is 0 Å². The number of nitrogens with one attached hydrogen (secondary N) is 2. The van der Waals surface area contributed by atoms with Gasteiger partial charge < -0.3 is 20.1 Å². The van der Waals surface area contributed by atoms with E-state index >= 15 is 0 Å². The minimum atomic E-state index is -0.352. The first kappa shape index (κ1) is 16.2. The lowest BCUT2D eigenvalue weighted by atomic mass is 9.92. The first-order valence-corrected chi connectivity index (χ1v) is 9.00. The average Bonchev–Trinajstić information content (AvgIpc) is 2.76. The summed E-state index contributed by atoms with van der Waals surface area (Å²) >= 11 is 0. The van der Waals surface area contributed by atoms with Crippen LogP contribution < -0.4 is 10.6 Å². The van der Waals surface area contributed by atoms with Crippen LogP contribution in [0.1, 0.15) is 58.3 Å². The number of piperidine rings is 1. The van der Waals surface area contributed by atoms with E-state index in [1.807, 2.05) is 0 Å². The van der Waals surface area contributed by atoms with Gasteiger partial charge in [-0.05, 0) is 39.2 Å². The average molecular weight is 310 g/mol. The number of amides is 1. The summed E-state index contributed by atoms with van der Waals surface area (Å²) in [5.74, 6) is -0.0287. The fourth-order valence-corrected chi connectivity index (χ4v) is 3.98. The molecule has 22 heavy (non-hydrogen) atoms. The van der Waals surface area contributed by atoms with Gasteiger partial charge in [0.25, 0.3) is 0 Å². The van der Waals surface area contributed by atoms with Crippen LogP contribution in [0, 0.1) is 5.92 Å². The molecule has 2 N–H and O–H groups in total. The summed E-state index contributed by atoms with van der Waals surface area (Å²) in [5.41, 5.74) is 0. The van der Waals surface area contributed by atoms with Crippen molar-refractivity contribution in [2.45, 2.75) is 76.2 Å². The highest BCUT2D eigenvalue weighted by Gasteiger charge is 2.41. The summed E-state index contributed by atoms with van der Waals surface area (Å²) in [5, 5.41) is 6.46. The molecule has 3 aliphatic rings. The van der Waals surface area contributed by atoms with Crippen LogP contribution in [0.15, 0.2) is 0 Å². The maximum absolute atomic E-state index is 12.3. The highest BCUT2D eigenvalue weighted by molar-refractivity contribution is 5.78. The molecule has 1 spiro atoms. The maximum Gasteiger partial charge on any atom is 0.223 e. The zero-order valence-electron chi connectivity index (χ0n) is 13.7. The van der Waals surface area contributed by atoms with Gasteiger partial charge in [0.15, 0.2) is 5.79 Å². The molecule has 0 aromatic rings. The summed E-state index contributed by atoms with van der Waals surface area (Å²) in [4.78, 5) is 12.3. The molecule has 3 fully saturated rings. The van der Waals surface area contributed by atoms with Crippen molar-refractivity contribution in [2.24, 2.45) is 5.92 Å². The van der Waals surface area contributed by atoms with Crippen LogP contribution in [-0.2, 0) is 14.3 Å². The molecule has 0 aromatic carbocycles. The van der Waals surface area contributed by atoms with Crippen LogP contribution in [0.25, 0.3) is 0 Å². The predicted octanol–water partition coefficient (Wildman–Crippen LogP) is 1.96. The Morgan fingerprint density at radius 3 is 2.77 bits per heavy atom. The number of rotatable bonds is 3. The molecule has 5 nitrogen and oxygen atoms in total. The molecule has 0 radical (unpaired) electrons. The number of carbonyl (C=O) groups excluding carboxylic acids is 1. The van der Waals surface area contributed by atoms with E-state index in [0.717, 1.165) is 32.2 Å². The molecule has 0 bridgehead atoms. The zero-order valence-corrected chi connectivity index (χ0v) is 13.7. The largest absolute Gasteiger partial charge is 0.353 e. The Hall–Kier alpha value is -0.650. The number of carbonyl (C=O) groups is 1. The van der Waals surface area contributed by atoms with Crippen LogP contribution in [-0.4, -0.2) is 43.5 Å². The van der Waals surface area contributed by atoms with E-state index in [4.69, 9.17) is 9.47 Å². The van der Waals surface area contributed by atoms with Gasteiger partial charge in [-0.15, -0.1) is 0 Å². The van der Waals surface area contributed by atoms with E-state index < -0.39 is 0 Å². The first-order valence-electron chi connectivity index (χ1n) is 9.00. The summed E-state index contributed by atoms with van der Waals surface area (Å²) < 4.78 is 12.2. The van der Waals surface area contributed by atoms with Crippen LogP contribution >= 0.6 is 0 Å². The third-order valence-electron chi connectivity index (χ3n) is 5.28. The molecule has 3 atom stereocenters. The van der Waals surface area contributed by atoms with E-state index in [9.17, 15) is 4.79 Å². The summed E-state index contributed by atoms with van der Waals surface area (Å²) in [6.07, 6.45) is 8.82. The molecule has 2 saturated heterocycles. The Bertz CT molecular complexity index is 380. The fraction of sp³-hybridized carbons (Fsp3) is 0.941. The lowest BCUT2D eigenvalue weighted by molar-refractivity contribution is -0.175. The van der Waals surface area contributed by atoms with Gasteiger partial charge in [0, 0.05) is 31.3 Å². The molecule has 1 saturated carbocycles. The van der Waals surface area contributed by atoms with Gasteiger partial charge in [-0.25, -0.2) is 0 Å². The molecule has 1 unspecified atom stereocenters. The number of ether oxygens (including phenoxy) is 2. The van der Waals surface area contributed by atoms with Gasteiger partial charge in [0.2, 0.25) is 5.91 Å². The Labute approximate surface area is 133 Å². The van der Waals surface area contributed by atoms with Gasteiger partial charge in [0.1, 0.15) is 6.10 Å². The lowest BCUT2D eigenvalue weighted by Gasteiger charge is -2.28. The van der Waals surface area contributed by atoms with Crippen molar-refractivity contribution in [3.05, 3.63) is 0 Å². The highest BCUT2D eigenvalue weighted by atomic mass is 16.7. The second-order valence-corrected chi connectivity index (χ2v) is 7.20. The van der Waals surface area contributed by atoms with Gasteiger partial charge in [0.05, 0.1) is 6.61 Å². The quantitative estimate of drug-likeness (QED) is 0.836. The van der Waals surface area contributed by atoms with Crippen molar-refractivity contribution in [1.29, 1.82) is 0 Å². The van der Waals surface area contributed by atoms with E-state index in [-0.39, 0.29) is 23.7 Å². The van der Waals surface area contributed by atoms with Crippen molar-refractivity contribution in [1.82, 2.24) is 10.6 Å². The van der Waals surface area contributed by atoms with Crippen LogP contribution in [0.2, 0.25) is 0 Å². The van der Waals surface area contributed by atoms with Crippen molar-refractivity contribution >= 4 is 5.91 Å². The second-order valence-electron chi connectivity index (χ2n) is 7.20. The van der Waals surface area contributed by atoms with E-state index in [0.29, 0.717) is 19.2 Å².